The van der Waals surface area contributed by atoms with Crippen molar-refractivity contribution in [2.24, 2.45) is 0 Å². The molecule has 1 aliphatic rings. The number of para-hydroxylation sites is 2. The van der Waals surface area contributed by atoms with Gasteiger partial charge in [-0.3, -0.25) is 15.0 Å². The van der Waals surface area contributed by atoms with E-state index >= 15 is 0 Å². The molecule has 2 aromatic carbocycles. The molecule has 0 unspecified atom stereocenters. The fourth-order valence-corrected chi connectivity index (χ4v) is 4.13. The van der Waals surface area contributed by atoms with Crippen molar-refractivity contribution in [1.82, 2.24) is 20.1 Å². The van der Waals surface area contributed by atoms with E-state index in [1.54, 1.807) is 18.2 Å². The van der Waals surface area contributed by atoms with Crippen molar-refractivity contribution in [3.8, 4) is 5.75 Å². The highest BCUT2D eigenvalue weighted by Crippen LogP contribution is 2.29. The molecule has 0 radical (unpaired) electrons. The van der Waals surface area contributed by atoms with E-state index < -0.39 is 0 Å². The van der Waals surface area contributed by atoms with Crippen LogP contribution < -0.4 is 4.74 Å². The number of aromatic nitrogens is 3. The van der Waals surface area contributed by atoms with E-state index in [0.717, 1.165) is 43.0 Å². The van der Waals surface area contributed by atoms with Gasteiger partial charge in [-0.1, -0.05) is 30.3 Å². The highest BCUT2D eigenvalue weighted by molar-refractivity contribution is 5.81. The Hall–Kier alpha value is -3.25. The van der Waals surface area contributed by atoms with Crippen molar-refractivity contribution in [3.63, 3.8) is 0 Å². The van der Waals surface area contributed by atoms with E-state index in [-0.39, 0.29) is 18.2 Å². The Kier molecular flexibility index (Phi) is 5.15. The molecule has 152 valence electrons. The molecule has 30 heavy (non-hydrogen) atoms. The molecule has 0 bridgehead atoms. The monoisotopic (exact) mass is 402 g/mol. The lowest BCUT2D eigenvalue weighted by Gasteiger charge is -2.16. The number of likely N-dealkylation sites (tertiary alicyclic amines) is 1. The third-order valence-electron chi connectivity index (χ3n) is 5.69. The highest BCUT2D eigenvalue weighted by Gasteiger charge is 2.26. The molecule has 1 atom stereocenters. The second kappa shape index (κ2) is 8.24. The quantitative estimate of drug-likeness (QED) is 0.509. The number of H-pyrrole nitrogens is 1. The van der Waals surface area contributed by atoms with Crippen LogP contribution in [0.3, 0.4) is 0 Å². The lowest BCUT2D eigenvalue weighted by Crippen LogP contribution is -2.20. The number of nitrogens with one attached hydrogen (secondary N) is 1. The van der Waals surface area contributed by atoms with Crippen LogP contribution in [0, 0.1) is 5.82 Å². The van der Waals surface area contributed by atoms with Gasteiger partial charge in [-0.05, 0) is 48.9 Å². The fourth-order valence-electron chi connectivity index (χ4n) is 4.13. The van der Waals surface area contributed by atoms with Crippen LogP contribution in [0.25, 0.3) is 10.9 Å². The third-order valence-corrected chi connectivity index (χ3v) is 5.69. The minimum atomic E-state index is -0.354. The van der Waals surface area contributed by atoms with Gasteiger partial charge in [-0.25, -0.2) is 4.39 Å². The number of hydrogen-bond acceptors (Lipinski definition) is 4. The van der Waals surface area contributed by atoms with Crippen LogP contribution in [0.4, 0.5) is 4.39 Å². The van der Waals surface area contributed by atoms with Crippen LogP contribution in [-0.4, -0.2) is 33.2 Å². The van der Waals surface area contributed by atoms with Crippen molar-refractivity contribution in [3.05, 3.63) is 89.6 Å². The minimum Gasteiger partial charge on any atom is -0.484 e. The molecule has 1 N–H and O–H groups in total. The van der Waals surface area contributed by atoms with Crippen LogP contribution in [0.2, 0.25) is 0 Å². The zero-order valence-corrected chi connectivity index (χ0v) is 16.6. The first-order valence-electron chi connectivity index (χ1n) is 10.2. The summed E-state index contributed by atoms with van der Waals surface area (Å²) in [5.41, 5.74) is 4.25. The van der Waals surface area contributed by atoms with Crippen LogP contribution in [0.1, 0.15) is 29.3 Å². The van der Waals surface area contributed by atoms with Gasteiger partial charge in [0.2, 0.25) is 0 Å². The van der Waals surface area contributed by atoms with Gasteiger partial charge < -0.3 is 4.74 Å². The summed E-state index contributed by atoms with van der Waals surface area (Å²) in [5.74, 6) is 0.286. The Labute approximate surface area is 174 Å². The van der Waals surface area contributed by atoms with Crippen molar-refractivity contribution >= 4 is 10.9 Å². The van der Waals surface area contributed by atoms with Crippen molar-refractivity contribution in [1.29, 1.82) is 0 Å². The Morgan fingerprint density at radius 3 is 2.90 bits per heavy atom. The normalized spacial score (nSPS) is 16.9. The lowest BCUT2D eigenvalue weighted by atomic mass is 10.1. The first-order chi connectivity index (χ1) is 14.8. The molecule has 3 heterocycles. The van der Waals surface area contributed by atoms with Gasteiger partial charge in [0.25, 0.3) is 0 Å². The van der Waals surface area contributed by atoms with E-state index in [1.165, 1.54) is 17.0 Å². The molecule has 1 saturated heterocycles. The van der Waals surface area contributed by atoms with Crippen molar-refractivity contribution < 1.29 is 9.13 Å². The van der Waals surface area contributed by atoms with E-state index in [4.69, 9.17) is 4.74 Å². The van der Waals surface area contributed by atoms with Crippen LogP contribution in [-0.2, 0) is 13.2 Å². The average molecular weight is 402 g/mol. The molecule has 5 rings (SSSR count). The van der Waals surface area contributed by atoms with Gasteiger partial charge in [-0.15, -0.1) is 0 Å². The standard InChI is InChI=1S/C24H23FN4O/c25-21-6-2-4-8-24(21)30-16-19-13-23(28-27-19)18-10-12-29(15-18)14-17-9-11-26-22-7-3-1-5-20(17)22/h1-9,11,13,18H,10,12,14-16H2,(H,27,28)/t18-/m0/s1. The molecule has 5 nitrogen and oxygen atoms in total. The highest BCUT2D eigenvalue weighted by atomic mass is 19.1. The summed E-state index contributed by atoms with van der Waals surface area (Å²) in [6.07, 6.45) is 2.96. The van der Waals surface area contributed by atoms with Crippen molar-refractivity contribution in [2.75, 3.05) is 13.1 Å². The Balaban J connectivity index is 1.21. The van der Waals surface area contributed by atoms with Crippen LogP contribution in [0.5, 0.6) is 5.75 Å². The smallest absolute Gasteiger partial charge is 0.165 e. The maximum atomic E-state index is 13.7. The molecule has 2 aromatic heterocycles. The fraction of sp³-hybridized carbons (Fsp3) is 0.250. The number of hydrogen-bond donors (Lipinski definition) is 1. The number of halogens is 1. The lowest BCUT2D eigenvalue weighted by molar-refractivity contribution is 0.286. The Morgan fingerprint density at radius 2 is 1.97 bits per heavy atom. The largest absolute Gasteiger partial charge is 0.484 e. The summed E-state index contributed by atoms with van der Waals surface area (Å²) in [6.45, 7) is 3.19. The topological polar surface area (TPSA) is 54.0 Å². The summed E-state index contributed by atoms with van der Waals surface area (Å²) >= 11 is 0. The number of ether oxygens (including phenoxy) is 1. The summed E-state index contributed by atoms with van der Waals surface area (Å²) in [5, 5.41) is 8.74. The average Bonchev–Trinajstić information content (AvgIpc) is 3.43. The molecule has 0 spiro atoms. The van der Waals surface area contributed by atoms with E-state index in [9.17, 15) is 4.39 Å². The number of rotatable bonds is 6. The molecule has 0 amide bonds. The number of fused-ring (bicyclic) bond motifs is 1. The maximum absolute atomic E-state index is 13.7. The predicted molar refractivity (Wildman–Crippen MR) is 114 cm³/mol. The first-order valence-corrected chi connectivity index (χ1v) is 10.2. The van der Waals surface area contributed by atoms with Gasteiger partial charge in [0.05, 0.1) is 16.9 Å². The van der Waals surface area contributed by atoms with E-state index in [1.807, 2.05) is 18.3 Å². The zero-order valence-electron chi connectivity index (χ0n) is 16.6. The van der Waals surface area contributed by atoms with E-state index in [0.29, 0.717) is 5.92 Å². The van der Waals surface area contributed by atoms with Crippen molar-refractivity contribution in [2.45, 2.75) is 25.5 Å². The molecule has 1 fully saturated rings. The van der Waals surface area contributed by atoms with Gasteiger partial charge in [0.15, 0.2) is 11.6 Å². The molecular formula is C24H23FN4O. The summed E-state index contributed by atoms with van der Waals surface area (Å²) in [6, 6.07) is 18.9. The SMILES string of the molecule is Fc1ccccc1OCc1cc([C@H]2CCN(Cc3ccnc4ccccc34)C2)n[nH]1. The molecule has 0 aliphatic carbocycles. The number of pyridine rings is 1. The molecule has 4 aromatic rings. The molecule has 6 heteroatoms. The Morgan fingerprint density at radius 1 is 1.10 bits per heavy atom. The van der Waals surface area contributed by atoms with E-state index in [2.05, 4.69) is 44.3 Å². The predicted octanol–water partition coefficient (Wildman–Crippen LogP) is 4.67. The molecule has 1 aliphatic heterocycles. The summed E-state index contributed by atoms with van der Waals surface area (Å²) < 4.78 is 19.3. The van der Waals surface area contributed by atoms with Gasteiger partial charge in [0, 0.05) is 30.6 Å². The Bertz CT molecular complexity index is 1150. The molecular weight excluding hydrogens is 379 g/mol. The minimum absolute atomic E-state index is 0.255. The number of benzene rings is 2. The van der Waals surface area contributed by atoms with Gasteiger partial charge in [0.1, 0.15) is 6.61 Å². The number of nitrogens with zero attached hydrogens (tertiary/aromatic N) is 3. The van der Waals surface area contributed by atoms with Gasteiger partial charge >= 0.3 is 0 Å². The second-order valence-corrected chi connectivity index (χ2v) is 7.75. The summed E-state index contributed by atoms with van der Waals surface area (Å²) in [4.78, 5) is 6.93. The van der Waals surface area contributed by atoms with Gasteiger partial charge in [-0.2, -0.15) is 5.10 Å². The third kappa shape index (κ3) is 3.91. The first kappa shape index (κ1) is 18.8. The second-order valence-electron chi connectivity index (χ2n) is 7.75. The number of aromatic amines is 1. The summed E-state index contributed by atoms with van der Waals surface area (Å²) in [7, 11) is 0. The van der Waals surface area contributed by atoms with Crippen LogP contribution in [0.15, 0.2) is 66.9 Å². The molecule has 0 saturated carbocycles. The zero-order chi connectivity index (χ0) is 20.3. The van der Waals surface area contributed by atoms with Crippen LogP contribution >= 0.6 is 0 Å². The maximum Gasteiger partial charge on any atom is 0.165 e.